The molecule has 0 aromatic rings. The van der Waals surface area contributed by atoms with E-state index in [-0.39, 0.29) is 0 Å². The normalized spacial score (nSPS) is 44.6. The second-order valence-corrected chi connectivity index (χ2v) is 6.31. The van der Waals surface area contributed by atoms with Gasteiger partial charge in [-0.2, -0.15) is 8.42 Å². The van der Waals surface area contributed by atoms with Gasteiger partial charge in [0.1, 0.15) is 18.3 Å². The zero-order chi connectivity index (χ0) is 15.2. The third-order valence-corrected chi connectivity index (χ3v) is 4.50. The van der Waals surface area contributed by atoms with E-state index in [0.29, 0.717) is 0 Å². The summed E-state index contributed by atoms with van der Waals surface area (Å²) in [7, 11) is -5.38. The smallest absolute Gasteiger partial charge is 0.330 e. The van der Waals surface area contributed by atoms with Crippen LogP contribution in [-0.4, -0.2) is 74.1 Å². The molecule has 5 atom stereocenters. The van der Waals surface area contributed by atoms with E-state index in [9.17, 15) is 28.8 Å². The molecule has 0 unspecified atom stereocenters. The van der Waals surface area contributed by atoms with Gasteiger partial charge < -0.3 is 30.3 Å². The van der Waals surface area contributed by atoms with Gasteiger partial charge in [-0.1, -0.05) is 13.8 Å². The largest absolute Gasteiger partial charge is 0.394 e. The molecule has 6 N–H and O–H groups in total. The van der Waals surface area contributed by atoms with Gasteiger partial charge in [0, 0.05) is 0 Å². The Kier molecular flexibility index (Phi) is 4.31. The number of hydrogen-bond donors (Lipinski definition) is 6. The third-order valence-electron chi connectivity index (χ3n) is 3.38. The van der Waals surface area contributed by atoms with Gasteiger partial charge >= 0.3 is 15.2 Å². The van der Waals surface area contributed by atoms with Crippen molar-refractivity contribution < 1.29 is 43.2 Å². The van der Waals surface area contributed by atoms with Crippen molar-refractivity contribution in [3.8, 4) is 0 Å². The monoisotopic (exact) mass is 302 g/mol. The average molecular weight is 302 g/mol. The summed E-state index contributed by atoms with van der Waals surface area (Å²) in [4.78, 5) is 0. The van der Waals surface area contributed by atoms with Crippen LogP contribution in [0, 0.1) is 5.92 Å². The summed E-state index contributed by atoms with van der Waals surface area (Å²) in [5, 5.41) is 45.1. The molecular weight excluding hydrogens is 284 g/mol. The highest BCUT2D eigenvalue weighted by molar-refractivity contribution is 7.87. The van der Waals surface area contributed by atoms with E-state index in [1.54, 1.807) is 0 Å². The van der Waals surface area contributed by atoms with Crippen molar-refractivity contribution in [1.29, 1.82) is 0 Å². The summed E-state index contributed by atoms with van der Waals surface area (Å²) < 4.78 is 36.2. The molecule has 0 saturated carbocycles. The first-order valence-corrected chi connectivity index (χ1v) is 6.94. The molecular formula is C9H18O9S. The minimum Gasteiger partial charge on any atom is -0.394 e. The molecule has 0 amide bonds. The Labute approximate surface area is 109 Å². The van der Waals surface area contributed by atoms with Crippen molar-refractivity contribution >= 4 is 10.1 Å². The standard InChI is InChI=1S/C9H18O9S/c1-4(2)8(13)7(12)6(11)5(3-10)18-9(8,14)19(15,16)17/h4-7,10-14H,3H2,1-2H3,(H,15,16,17)/t5-,6+,7+,8-,9+/m1/s1. The molecule has 1 rings (SSSR count). The van der Waals surface area contributed by atoms with Gasteiger partial charge in [-0.25, -0.2) is 0 Å². The SMILES string of the molecule is CC(C)[C@@]1(O)[C@@H](O)[C@@H](O)[C@@H](CO)O[C@]1(O)S(=O)(=O)O. The summed E-state index contributed by atoms with van der Waals surface area (Å²) in [5.74, 6) is -1.11. The molecule has 114 valence electrons. The van der Waals surface area contributed by atoms with Gasteiger partial charge in [0.05, 0.1) is 6.61 Å². The molecule has 1 heterocycles. The lowest BCUT2D eigenvalue weighted by atomic mass is 9.78. The predicted molar refractivity (Wildman–Crippen MR) is 60.3 cm³/mol. The summed E-state index contributed by atoms with van der Waals surface area (Å²) in [6, 6.07) is 0. The Morgan fingerprint density at radius 2 is 1.74 bits per heavy atom. The van der Waals surface area contributed by atoms with Crippen LogP contribution in [0.5, 0.6) is 0 Å². The number of aliphatic hydroxyl groups excluding tert-OH is 3. The first-order chi connectivity index (χ1) is 8.43. The van der Waals surface area contributed by atoms with Crippen LogP contribution in [0.2, 0.25) is 0 Å². The topological polar surface area (TPSA) is 165 Å². The van der Waals surface area contributed by atoms with Crippen LogP contribution in [-0.2, 0) is 14.9 Å². The van der Waals surface area contributed by atoms with Gasteiger partial charge in [0.2, 0.25) is 0 Å². The van der Waals surface area contributed by atoms with E-state index in [1.807, 2.05) is 0 Å². The molecule has 19 heavy (non-hydrogen) atoms. The highest BCUT2D eigenvalue weighted by Gasteiger charge is 2.71. The fourth-order valence-corrected chi connectivity index (χ4v) is 3.15. The molecule has 0 aliphatic carbocycles. The van der Waals surface area contributed by atoms with Gasteiger partial charge in [-0.05, 0) is 5.92 Å². The van der Waals surface area contributed by atoms with Crippen molar-refractivity contribution in [3.63, 3.8) is 0 Å². The highest BCUT2D eigenvalue weighted by atomic mass is 32.2. The molecule has 0 aromatic heterocycles. The minimum atomic E-state index is -5.38. The molecule has 0 aromatic carbocycles. The maximum absolute atomic E-state index is 11.3. The first-order valence-electron chi connectivity index (χ1n) is 5.50. The van der Waals surface area contributed by atoms with Gasteiger partial charge in [0.25, 0.3) is 0 Å². The summed E-state index contributed by atoms with van der Waals surface area (Å²) in [6.45, 7) is 1.55. The predicted octanol–water partition coefficient (Wildman–Crippen LogP) is -2.98. The molecule has 0 radical (unpaired) electrons. The molecule has 1 aliphatic rings. The quantitative estimate of drug-likeness (QED) is 0.298. The lowest BCUT2D eigenvalue weighted by Crippen LogP contribution is -2.77. The molecule has 1 fully saturated rings. The maximum atomic E-state index is 11.3. The molecule has 9 nitrogen and oxygen atoms in total. The second-order valence-electron chi connectivity index (χ2n) is 4.81. The van der Waals surface area contributed by atoms with Crippen LogP contribution >= 0.6 is 0 Å². The van der Waals surface area contributed by atoms with Gasteiger partial charge in [-0.15, -0.1) is 0 Å². The van der Waals surface area contributed by atoms with Crippen LogP contribution in [0.1, 0.15) is 13.8 Å². The van der Waals surface area contributed by atoms with E-state index >= 15 is 0 Å². The lowest BCUT2D eigenvalue weighted by Gasteiger charge is -2.52. The molecule has 0 bridgehead atoms. The maximum Gasteiger partial charge on any atom is 0.330 e. The Morgan fingerprint density at radius 3 is 2.05 bits per heavy atom. The fraction of sp³-hybridized carbons (Fsp3) is 1.00. The average Bonchev–Trinajstić information content (AvgIpc) is 2.29. The zero-order valence-corrected chi connectivity index (χ0v) is 11.1. The zero-order valence-electron chi connectivity index (χ0n) is 10.3. The Morgan fingerprint density at radius 1 is 1.26 bits per heavy atom. The van der Waals surface area contributed by atoms with Crippen molar-refractivity contribution in [2.24, 2.45) is 5.92 Å². The fourth-order valence-electron chi connectivity index (χ4n) is 2.14. The van der Waals surface area contributed by atoms with E-state index in [0.717, 1.165) is 0 Å². The summed E-state index contributed by atoms with van der Waals surface area (Å²) >= 11 is 0. The minimum absolute atomic E-state index is 0.940. The number of aliphatic hydroxyl groups is 5. The summed E-state index contributed by atoms with van der Waals surface area (Å²) in [5.41, 5.74) is -2.88. The Bertz CT molecular complexity index is 435. The molecule has 1 saturated heterocycles. The van der Waals surface area contributed by atoms with E-state index in [4.69, 9.17) is 9.66 Å². The van der Waals surface area contributed by atoms with E-state index in [1.165, 1.54) is 13.8 Å². The third kappa shape index (κ3) is 2.17. The van der Waals surface area contributed by atoms with E-state index < -0.39 is 51.7 Å². The Hall–Kier alpha value is -0.330. The lowest BCUT2D eigenvalue weighted by molar-refractivity contribution is -0.363. The van der Waals surface area contributed by atoms with Crippen molar-refractivity contribution in [1.82, 2.24) is 0 Å². The number of ether oxygens (including phenoxy) is 1. The Balaban J connectivity index is 3.48. The van der Waals surface area contributed by atoms with E-state index in [2.05, 4.69) is 4.74 Å². The number of hydrogen-bond acceptors (Lipinski definition) is 8. The molecule has 1 aliphatic heterocycles. The first kappa shape index (κ1) is 16.7. The second kappa shape index (κ2) is 4.90. The van der Waals surface area contributed by atoms with Gasteiger partial charge in [-0.3, -0.25) is 4.55 Å². The summed E-state index contributed by atoms with van der Waals surface area (Å²) in [6.07, 6.45) is -5.70. The van der Waals surface area contributed by atoms with Crippen molar-refractivity contribution in [3.05, 3.63) is 0 Å². The van der Waals surface area contributed by atoms with Crippen molar-refractivity contribution in [2.45, 2.75) is 42.9 Å². The van der Waals surface area contributed by atoms with Crippen LogP contribution in [0.4, 0.5) is 0 Å². The highest BCUT2D eigenvalue weighted by Crippen LogP contribution is 2.44. The van der Waals surface area contributed by atoms with Crippen molar-refractivity contribution in [2.75, 3.05) is 6.61 Å². The molecule has 0 spiro atoms. The van der Waals surface area contributed by atoms with Crippen LogP contribution < -0.4 is 0 Å². The van der Waals surface area contributed by atoms with Crippen LogP contribution in [0.15, 0.2) is 0 Å². The van der Waals surface area contributed by atoms with Crippen LogP contribution in [0.25, 0.3) is 0 Å². The van der Waals surface area contributed by atoms with Crippen LogP contribution in [0.3, 0.4) is 0 Å². The van der Waals surface area contributed by atoms with Gasteiger partial charge in [0.15, 0.2) is 5.60 Å². The number of rotatable bonds is 3. The molecule has 10 heteroatoms.